The van der Waals surface area contributed by atoms with Crippen molar-refractivity contribution < 1.29 is 24.1 Å². The van der Waals surface area contributed by atoms with Gasteiger partial charge in [0, 0.05) is 20.3 Å². The highest BCUT2D eigenvalue weighted by molar-refractivity contribution is 5.76. The number of hydrogen-bond donors (Lipinski definition) is 2. The van der Waals surface area contributed by atoms with Gasteiger partial charge in [-0.05, 0) is 6.42 Å². The van der Waals surface area contributed by atoms with Gasteiger partial charge in [0.1, 0.15) is 6.61 Å². The Balaban J connectivity index is 2.96. The number of carbonyl (C=O) groups excluding carboxylic acids is 1. The lowest BCUT2D eigenvalue weighted by molar-refractivity contribution is -0.125. The number of hydrogen-bond acceptors (Lipinski definition) is 5. The first kappa shape index (κ1) is 15.3. The van der Waals surface area contributed by atoms with Crippen LogP contribution in [0, 0.1) is 0 Å². The van der Waals surface area contributed by atoms with Gasteiger partial charge in [0.2, 0.25) is 5.91 Å². The van der Waals surface area contributed by atoms with E-state index >= 15 is 0 Å². The lowest BCUT2D eigenvalue weighted by Gasteiger charge is -2.05. The van der Waals surface area contributed by atoms with Crippen LogP contribution in [0.15, 0.2) is 0 Å². The van der Waals surface area contributed by atoms with Crippen molar-refractivity contribution in [3.8, 4) is 0 Å². The van der Waals surface area contributed by atoms with E-state index < -0.39 is 0 Å². The Labute approximate surface area is 95.9 Å². The summed E-state index contributed by atoms with van der Waals surface area (Å²) in [6, 6.07) is 0. The van der Waals surface area contributed by atoms with Crippen LogP contribution in [-0.2, 0) is 19.0 Å². The van der Waals surface area contributed by atoms with Crippen LogP contribution in [0.2, 0.25) is 0 Å². The molecule has 1 amide bonds. The molecule has 0 aliphatic rings. The standard InChI is InChI=1S/C10H21NO5/c1-11-10(13)9-16-8-7-15-6-5-14-4-2-3-12/h12H,2-9H2,1H3,(H,11,13). The maximum atomic E-state index is 10.7. The minimum atomic E-state index is -0.146. The van der Waals surface area contributed by atoms with E-state index in [0.717, 1.165) is 0 Å². The lowest BCUT2D eigenvalue weighted by atomic mass is 10.5. The van der Waals surface area contributed by atoms with Crippen LogP contribution in [0.5, 0.6) is 0 Å². The van der Waals surface area contributed by atoms with Crippen LogP contribution in [0.4, 0.5) is 0 Å². The molecule has 6 heteroatoms. The first-order chi connectivity index (χ1) is 7.81. The number of aliphatic hydroxyl groups is 1. The summed E-state index contributed by atoms with van der Waals surface area (Å²) in [4.78, 5) is 10.7. The fourth-order valence-electron chi connectivity index (χ4n) is 0.843. The van der Waals surface area contributed by atoms with Crippen molar-refractivity contribution in [2.45, 2.75) is 6.42 Å². The minimum Gasteiger partial charge on any atom is -0.396 e. The molecule has 0 atom stereocenters. The molecule has 0 bridgehead atoms. The monoisotopic (exact) mass is 235 g/mol. The first-order valence-electron chi connectivity index (χ1n) is 5.36. The SMILES string of the molecule is CNC(=O)COCCOCCOCCCO. The molecule has 2 N–H and O–H groups in total. The maximum Gasteiger partial charge on any atom is 0.245 e. The van der Waals surface area contributed by atoms with E-state index in [2.05, 4.69) is 5.32 Å². The number of carbonyl (C=O) groups is 1. The van der Waals surface area contributed by atoms with Gasteiger partial charge in [-0.3, -0.25) is 4.79 Å². The Kier molecular flexibility index (Phi) is 11.8. The molecule has 6 nitrogen and oxygen atoms in total. The van der Waals surface area contributed by atoms with Crippen molar-refractivity contribution in [1.29, 1.82) is 0 Å². The quantitative estimate of drug-likeness (QED) is 0.457. The summed E-state index contributed by atoms with van der Waals surface area (Å²) in [6.07, 6.45) is 0.648. The van der Waals surface area contributed by atoms with Gasteiger partial charge in [-0.1, -0.05) is 0 Å². The minimum absolute atomic E-state index is 0.0624. The van der Waals surface area contributed by atoms with Crippen molar-refractivity contribution >= 4 is 5.91 Å². The molecule has 0 rings (SSSR count). The second-order valence-corrected chi connectivity index (χ2v) is 3.03. The van der Waals surface area contributed by atoms with E-state index in [-0.39, 0.29) is 19.1 Å². The highest BCUT2D eigenvalue weighted by Crippen LogP contribution is 1.83. The predicted molar refractivity (Wildman–Crippen MR) is 58.2 cm³/mol. The van der Waals surface area contributed by atoms with Crippen molar-refractivity contribution in [2.24, 2.45) is 0 Å². The fraction of sp³-hybridized carbons (Fsp3) is 0.900. The zero-order chi connectivity index (χ0) is 12.1. The molecular formula is C10H21NO5. The van der Waals surface area contributed by atoms with Gasteiger partial charge in [0.05, 0.1) is 26.4 Å². The van der Waals surface area contributed by atoms with Crippen molar-refractivity contribution in [2.75, 3.05) is 53.3 Å². The Hall–Kier alpha value is -0.690. The molecule has 0 aromatic heterocycles. The Bertz CT molecular complexity index is 165. The van der Waals surface area contributed by atoms with Crippen LogP contribution < -0.4 is 5.32 Å². The molecule has 0 saturated heterocycles. The number of likely N-dealkylation sites (N-methyl/N-ethyl adjacent to an activating group) is 1. The summed E-state index contributed by atoms with van der Waals surface area (Å²) < 4.78 is 15.4. The Morgan fingerprint density at radius 3 is 2.19 bits per heavy atom. The smallest absolute Gasteiger partial charge is 0.245 e. The molecule has 0 unspecified atom stereocenters. The molecule has 0 aromatic carbocycles. The summed E-state index contributed by atoms with van der Waals surface area (Å²) in [6.45, 7) is 2.60. The average molecular weight is 235 g/mol. The van der Waals surface area contributed by atoms with Gasteiger partial charge in [0.25, 0.3) is 0 Å². The molecule has 16 heavy (non-hydrogen) atoms. The van der Waals surface area contributed by atoms with E-state index in [4.69, 9.17) is 19.3 Å². The molecular weight excluding hydrogens is 214 g/mol. The van der Waals surface area contributed by atoms with Gasteiger partial charge < -0.3 is 24.6 Å². The third kappa shape index (κ3) is 11.4. The number of ether oxygens (including phenoxy) is 3. The van der Waals surface area contributed by atoms with Crippen LogP contribution in [0.25, 0.3) is 0 Å². The maximum absolute atomic E-state index is 10.7. The summed E-state index contributed by atoms with van der Waals surface area (Å²) in [7, 11) is 1.56. The molecule has 0 saturated carbocycles. The molecule has 0 radical (unpaired) electrons. The normalized spacial score (nSPS) is 10.4. The van der Waals surface area contributed by atoms with Gasteiger partial charge >= 0.3 is 0 Å². The predicted octanol–water partition coefficient (Wildman–Crippen LogP) is -0.835. The van der Waals surface area contributed by atoms with Gasteiger partial charge in [0.15, 0.2) is 0 Å². The zero-order valence-corrected chi connectivity index (χ0v) is 9.74. The molecule has 0 aliphatic carbocycles. The fourth-order valence-corrected chi connectivity index (χ4v) is 0.843. The van der Waals surface area contributed by atoms with E-state index in [1.54, 1.807) is 7.05 Å². The van der Waals surface area contributed by atoms with Crippen LogP contribution in [0.3, 0.4) is 0 Å². The van der Waals surface area contributed by atoms with E-state index in [1.165, 1.54) is 0 Å². The Morgan fingerprint density at radius 1 is 1.06 bits per heavy atom. The Morgan fingerprint density at radius 2 is 1.62 bits per heavy atom. The van der Waals surface area contributed by atoms with Crippen molar-refractivity contribution in [3.63, 3.8) is 0 Å². The van der Waals surface area contributed by atoms with Crippen molar-refractivity contribution in [1.82, 2.24) is 5.32 Å². The molecule has 0 spiro atoms. The number of rotatable bonds is 11. The van der Waals surface area contributed by atoms with Gasteiger partial charge in [-0.25, -0.2) is 0 Å². The number of aliphatic hydroxyl groups excluding tert-OH is 1. The first-order valence-corrected chi connectivity index (χ1v) is 5.36. The van der Waals surface area contributed by atoms with Crippen LogP contribution in [-0.4, -0.2) is 64.3 Å². The van der Waals surface area contributed by atoms with E-state index in [0.29, 0.717) is 39.5 Å². The average Bonchev–Trinajstić information content (AvgIpc) is 2.31. The molecule has 0 fully saturated rings. The summed E-state index contributed by atoms with van der Waals surface area (Å²) in [5, 5.41) is 10.9. The van der Waals surface area contributed by atoms with E-state index in [1.807, 2.05) is 0 Å². The molecule has 0 heterocycles. The zero-order valence-electron chi connectivity index (χ0n) is 9.74. The second-order valence-electron chi connectivity index (χ2n) is 3.03. The number of amides is 1. The summed E-state index contributed by atoms with van der Waals surface area (Å²) in [5.74, 6) is -0.146. The van der Waals surface area contributed by atoms with Crippen molar-refractivity contribution in [3.05, 3.63) is 0 Å². The lowest BCUT2D eigenvalue weighted by Crippen LogP contribution is -2.24. The van der Waals surface area contributed by atoms with Crippen LogP contribution >= 0.6 is 0 Å². The number of nitrogens with one attached hydrogen (secondary N) is 1. The van der Waals surface area contributed by atoms with Gasteiger partial charge in [-0.2, -0.15) is 0 Å². The highest BCUT2D eigenvalue weighted by Gasteiger charge is 1.96. The summed E-state index contributed by atoms with van der Waals surface area (Å²) in [5.41, 5.74) is 0. The molecule has 0 aliphatic heterocycles. The van der Waals surface area contributed by atoms with E-state index in [9.17, 15) is 4.79 Å². The van der Waals surface area contributed by atoms with Crippen LogP contribution in [0.1, 0.15) is 6.42 Å². The third-order valence-corrected chi connectivity index (χ3v) is 1.70. The van der Waals surface area contributed by atoms with Gasteiger partial charge in [-0.15, -0.1) is 0 Å². The molecule has 0 aromatic rings. The largest absolute Gasteiger partial charge is 0.396 e. The topological polar surface area (TPSA) is 77.0 Å². The highest BCUT2D eigenvalue weighted by atomic mass is 16.5. The third-order valence-electron chi connectivity index (χ3n) is 1.70. The second kappa shape index (κ2) is 12.4. The molecule has 96 valence electrons. The summed E-state index contributed by atoms with van der Waals surface area (Å²) >= 11 is 0.